The van der Waals surface area contributed by atoms with Crippen LogP contribution in [-0.2, 0) is 19.4 Å². The lowest BCUT2D eigenvalue weighted by molar-refractivity contribution is -0.193. The van der Waals surface area contributed by atoms with Gasteiger partial charge in [0.05, 0.1) is 33.8 Å². The minimum Gasteiger partial charge on any atom is -0.489 e. The highest BCUT2D eigenvalue weighted by Crippen LogP contribution is 2.41. The first-order valence-electron chi connectivity index (χ1n) is 15.5. The number of carboxylic acids is 2. The van der Waals surface area contributed by atoms with E-state index in [-0.39, 0.29) is 16.0 Å². The Balaban J connectivity index is 0.000000564. The molecule has 1 aromatic heterocycles. The van der Waals surface area contributed by atoms with Gasteiger partial charge >= 0.3 is 24.3 Å². The highest BCUT2D eigenvalue weighted by Gasteiger charge is 2.39. The lowest BCUT2D eigenvalue weighted by Gasteiger charge is -2.28. The molecule has 52 heavy (non-hydrogen) atoms. The van der Waals surface area contributed by atoms with Crippen LogP contribution in [0, 0.1) is 6.92 Å². The van der Waals surface area contributed by atoms with Crippen molar-refractivity contribution in [3.8, 4) is 5.75 Å². The van der Waals surface area contributed by atoms with Crippen molar-refractivity contribution in [3.05, 3.63) is 58.7 Å². The number of nitrogens with zero attached hydrogens (tertiary/aromatic N) is 2. The van der Waals surface area contributed by atoms with Crippen LogP contribution in [0.25, 0.3) is 0 Å². The number of rotatable bonds is 9. The van der Waals surface area contributed by atoms with Gasteiger partial charge in [-0.15, -0.1) is 0 Å². The molecular formula is C32H38ClF6N5O7S. The number of piperidine rings is 1. The predicted molar refractivity (Wildman–Crippen MR) is 182 cm³/mol. The third kappa shape index (κ3) is 12.7. The number of hydrogen-bond acceptors (Lipinski definition) is 10. The minimum atomic E-state index is -5.08. The van der Waals surface area contributed by atoms with E-state index < -0.39 is 39.4 Å². The quantitative estimate of drug-likeness (QED) is 0.134. The van der Waals surface area contributed by atoms with E-state index in [4.69, 9.17) is 36.1 Å². The molecule has 5 N–H and O–H groups in total. The van der Waals surface area contributed by atoms with E-state index in [9.17, 15) is 34.8 Å². The fraction of sp³-hybridized carbons (Fsp3) is 0.438. The number of aliphatic carboxylic acids is 2. The van der Waals surface area contributed by atoms with Gasteiger partial charge in [-0.3, -0.25) is 0 Å². The summed E-state index contributed by atoms with van der Waals surface area (Å²) in [6, 6.07) is 10.8. The maximum Gasteiger partial charge on any atom is 0.490 e. The fourth-order valence-electron chi connectivity index (χ4n) is 4.65. The van der Waals surface area contributed by atoms with Crippen LogP contribution in [0.4, 0.5) is 49.5 Å². The average Bonchev–Trinajstić information content (AvgIpc) is 3.04. The van der Waals surface area contributed by atoms with Gasteiger partial charge in [-0.1, -0.05) is 29.8 Å². The predicted octanol–water partition coefficient (Wildman–Crippen LogP) is 7.63. The molecule has 3 aromatic rings. The first-order valence-corrected chi connectivity index (χ1v) is 17.4. The Morgan fingerprint density at radius 3 is 1.98 bits per heavy atom. The smallest absolute Gasteiger partial charge is 0.489 e. The van der Waals surface area contributed by atoms with E-state index in [1.807, 2.05) is 19.9 Å². The molecule has 2 aromatic carbocycles. The summed E-state index contributed by atoms with van der Waals surface area (Å²) in [6.07, 6.45) is -6.63. The molecule has 0 atom stereocenters. The van der Waals surface area contributed by atoms with Crippen LogP contribution < -0.4 is 20.7 Å². The summed E-state index contributed by atoms with van der Waals surface area (Å²) < 4.78 is 95.5. The molecular weight excluding hydrogens is 748 g/mol. The Hall–Kier alpha value is -4.36. The van der Waals surface area contributed by atoms with E-state index in [2.05, 4.69) is 38.9 Å². The second kappa shape index (κ2) is 18.4. The van der Waals surface area contributed by atoms with E-state index in [1.165, 1.54) is 17.3 Å². The van der Waals surface area contributed by atoms with Crippen LogP contribution in [0.1, 0.15) is 57.6 Å². The molecule has 1 aliphatic heterocycles. The molecule has 0 aliphatic carbocycles. The molecule has 0 spiro atoms. The lowest BCUT2D eigenvalue weighted by Crippen LogP contribution is -2.27. The van der Waals surface area contributed by atoms with Gasteiger partial charge in [-0.25, -0.2) is 23.0 Å². The summed E-state index contributed by atoms with van der Waals surface area (Å²) in [5.41, 5.74) is 3.63. The third-order valence-electron chi connectivity index (χ3n) is 7.07. The van der Waals surface area contributed by atoms with E-state index in [1.54, 1.807) is 38.1 Å². The largest absolute Gasteiger partial charge is 0.490 e. The van der Waals surface area contributed by atoms with Gasteiger partial charge < -0.3 is 30.9 Å². The van der Waals surface area contributed by atoms with Crippen LogP contribution in [0.15, 0.2) is 47.5 Å². The van der Waals surface area contributed by atoms with Crippen molar-refractivity contribution < 1.29 is 59.3 Å². The molecule has 12 nitrogen and oxygen atoms in total. The highest BCUT2D eigenvalue weighted by atomic mass is 35.5. The van der Waals surface area contributed by atoms with Crippen molar-refractivity contribution in [1.29, 1.82) is 0 Å². The van der Waals surface area contributed by atoms with Crippen LogP contribution in [0.5, 0.6) is 5.75 Å². The zero-order chi connectivity index (χ0) is 39.6. The van der Waals surface area contributed by atoms with Crippen molar-refractivity contribution in [2.24, 2.45) is 0 Å². The number of carbonyl (C=O) groups is 2. The van der Waals surface area contributed by atoms with Gasteiger partial charge in [0.2, 0.25) is 5.95 Å². The molecule has 4 rings (SSSR count). The number of benzene rings is 2. The van der Waals surface area contributed by atoms with Crippen LogP contribution >= 0.6 is 11.6 Å². The maximum atomic E-state index is 12.9. The molecule has 1 saturated heterocycles. The third-order valence-corrected chi connectivity index (χ3v) is 9.56. The Kier molecular flexibility index (Phi) is 15.5. The maximum absolute atomic E-state index is 12.9. The van der Waals surface area contributed by atoms with Crippen molar-refractivity contribution in [3.63, 3.8) is 0 Å². The number of carboxylic acid groups (broad SMARTS) is 2. The van der Waals surface area contributed by atoms with Gasteiger partial charge in [0.15, 0.2) is 15.7 Å². The summed E-state index contributed by atoms with van der Waals surface area (Å²) in [4.78, 5) is 27.1. The number of alkyl halides is 6. The summed E-state index contributed by atoms with van der Waals surface area (Å²) in [7, 11) is -3.53. The number of sulfone groups is 1. The monoisotopic (exact) mass is 785 g/mol. The topological polar surface area (TPSA) is 180 Å². The number of aryl methyl sites for hydroxylation is 1. The van der Waals surface area contributed by atoms with Gasteiger partial charge in [0.1, 0.15) is 10.8 Å². The van der Waals surface area contributed by atoms with E-state index >= 15 is 0 Å². The van der Waals surface area contributed by atoms with Crippen LogP contribution in [-0.4, -0.2) is 77.3 Å². The molecule has 288 valence electrons. The van der Waals surface area contributed by atoms with Crippen molar-refractivity contribution >= 4 is 56.5 Å². The Labute approximate surface area is 300 Å². The molecule has 0 saturated carbocycles. The van der Waals surface area contributed by atoms with Crippen LogP contribution in [0.3, 0.4) is 0 Å². The first-order chi connectivity index (χ1) is 24.0. The average molecular weight is 786 g/mol. The molecule has 1 aliphatic rings. The fourth-order valence-corrected chi connectivity index (χ4v) is 5.99. The first kappa shape index (κ1) is 43.8. The Bertz CT molecular complexity index is 1780. The van der Waals surface area contributed by atoms with Gasteiger partial charge in [-0.2, -0.15) is 31.3 Å². The second-order valence-electron chi connectivity index (χ2n) is 11.7. The summed E-state index contributed by atoms with van der Waals surface area (Å²) >= 11 is 6.46. The SMILES string of the molecule is Cc1ccc(OC(C)C)c(Nc2ncc(Cl)c(Nc3ccccc3S(=O)(=O)C(C)C)n2)c1C1CCNCC1.O=C(O)C(F)(F)F.O=C(O)C(F)(F)F. The Morgan fingerprint density at radius 2 is 1.48 bits per heavy atom. The molecule has 0 unspecified atom stereocenters. The number of anilines is 4. The van der Waals surface area contributed by atoms with Crippen LogP contribution in [0.2, 0.25) is 5.02 Å². The standard InChI is InChI=1S/C28H36ClN5O3S.2C2HF3O2/c1-17(2)37-23-11-10-19(5)25(20-12-14-30-15-13-20)26(23)33-28-31-16-21(29)27(34-28)32-22-8-6-7-9-24(22)38(35,36)18(3)4;2*3-2(4,5)1(6)7/h6-11,16-18,20,30H,12-15H2,1-5H3,(H2,31,32,33,34);2*(H,6,7). The second-order valence-corrected chi connectivity index (χ2v) is 14.6. The normalized spacial score (nSPS) is 13.7. The van der Waals surface area contributed by atoms with Gasteiger partial charge in [0, 0.05) is 0 Å². The zero-order valence-corrected chi connectivity index (χ0v) is 30.1. The zero-order valence-electron chi connectivity index (χ0n) is 28.5. The number of halogens is 7. The van der Waals surface area contributed by atoms with Crippen molar-refractivity contribution in [1.82, 2.24) is 15.3 Å². The highest BCUT2D eigenvalue weighted by molar-refractivity contribution is 7.92. The molecule has 1 fully saturated rings. The lowest BCUT2D eigenvalue weighted by atomic mass is 9.86. The van der Waals surface area contributed by atoms with Crippen molar-refractivity contribution in [2.75, 3.05) is 23.7 Å². The van der Waals surface area contributed by atoms with Gasteiger partial charge in [-0.05, 0) is 95.8 Å². The number of hydrogen-bond donors (Lipinski definition) is 5. The molecule has 2 heterocycles. The molecule has 0 bridgehead atoms. The molecule has 0 radical (unpaired) electrons. The van der Waals surface area contributed by atoms with Gasteiger partial charge in [0.25, 0.3) is 0 Å². The molecule has 20 heteroatoms. The van der Waals surface area contributed by atoms with Crippen molar-refractivity contribution in [2.45, 2.75) is 82.0 Å². The Morgan fingerprint density at radius 1 is 0.942 bits per heavy atom. The minimum absolute atomic E-state index is 0.0121. The van der Waals surface area contributed by atoms with E-state index in [0.717, 1.165) is 37.4 Å². The number of ether oxygens (including phenoxy) is 1. The number of nitrogens with one attached hydrogen (secondary N) is 3. The van der Waals surface area contributed by atoms with E-state index in [0.29, 0.717) is 23.4 Å². The number of aromatic nitrogens is 2. The molecule has 0 amide bonds. The summed E-state index contributed by atoms with van der Waals surface area (Å²) in [5, 5.41) is 23.9. The number of para-hydroxylation sites is 1. The summed E-state index contributed by atoms with van der Waals surface area (Å²) in [6.45, 7) is 11.3. The summed E-state index contributed by atoms with van der Waals surface area (Å²) in [5.74, 6) is -3.78.